The maximum Gasteiger partial charge on any atom is 0.257 e. The standard InChI is InChI=1S/C16H14BrN3O/c1-9-2-4-13(17)15(6-9)20-16(21)12-8-19-14-5-3-10(18)7-11(12)14/h2-8,19H,18H2,1H3,(H,20,21). The Morgan fingerprint density at radius 3 is 2.86 bits per heavy atom. The lowest BCUT2D eigenvalue weighted by Crippen LogP contribution is -2.12. The van der Waals surface area contributed by atoms with Crippen molar-refractivity contribution in [3.05, 3.63) is 58.2 Å². The average Bonchev–Trinajstić information content (AvgIpc) is 2.85. The number of nitrogens with two attached hydrogens (primary N) is 1. The molecule has 4 N–H and O–H groups in total. The zero-order valence-corrected chi connectivity index (χ0v) is 13.0. The molecule has 21 heavy (non-hydrogen) atoms. The lowest BCUT2D eigenvalue weighted by atomic mass is 10.1. The van der Waals surface area contributed by atoms with Gasteiger partial charge in [0, 0.05) is 27.3 Å². The Morgan fingerprint density at radius 2 is 2.05 bits per heavy atom. The Kier molecular flexibility index (Phi) is 3.43. The molecule has 0 atom stereocenters. The van der Waals surface area contributed by atoms with Crippen molar-refractivity contribution in [2.45, 2.75) is 6.92 Å². The van der Waals surface area contributed by atoms with E-state index in [1.165, 1.54) is 0 Å². The summed E-state index contributed by atoms with van der Waals surface area (Å²) in [6.07, 6.45) is 1.70. The lowest BCUT2D eigenvalue weighted by Gasteiger charge is -2.08. The third kappa shape index (κ3) is 2.64. The first-order valence-electron chi connectivity index (χ1n) is 6.49. The molecule has 0 aliphatic carbocycles. The van der Waals surface area contributed by atoms with E-state index in [0.29, 0.717) is 11.3 Å². The molecule has 2 aromatic carbocycles. The third-order valence-corrected chi connectivity index (χ3v) is 4.01. The number of hydrogen-bond acceptors (Lipinski definition) is 2. The number of amides is 1. The number of aromatic nitrogens is 1. The zero-order valence-electron chi connectivity index (χ0n) is 11.4. The summed E-state index contributed by atoms with van der Waals surface area (Å²) in [7, 11) is 0. The van der Waals surface area contributed by atoms with E-state index in [1.54, 1.807) is 18.3 Å². The number of fused-ring (bicyclic) bond motifs is 1. The highest BCUT2D eigenvalue weighted by molar-refractivity contribution is 9.10. The number of carbonyl (C=O) groups is 1. The van der Waals surface area contributed by atoms with Crippen molar-refractivity contribution in [1.82, 2.24) is 4.98 Å². The third-order valence-electron chi connectivity index (χ3n) is 3.32. The zero-order chi connectivity index (χ0) is 15.0. The SMILES string of the molecule is Cc1ccc(Br)c(NC(=O)c2c[nH]c3ccc(N)cc23)c1. The normalized spacial score (nSPS) is 10.8. The predicted molar refractivity (Wildman–Crippen MR) is 89.5 cm³/mol. The molecular weight excluding hydrogens is 330 g/mol. The Morgan fingerprint density at radius 1 is 1.24 bits per heavy atom. The minimum atomic E-state index is -0.168. The summed E-state index contributed by atoms with van der Waals surface area (Å²) in [5.74, 6) is -0.168. The number of nitrogen functional groups attached to an aromatic ring is 1. The van der Waals surface area contributed by atoms with Crippen molar-refractivity contribution in [1.29, 1.82) is 0 Å². The van der Waals surface area contributed by atoms with E-state index in [9.17, 15) is 4.79 Å². The molecule has 0 bridgehead atoms. The molecule has 4 nitrogen and oxygen atoms in total. The van der Waals surface area contributed by atoms with Crippen LogP contribution in [0, 0.1) is 6.92 Å². The molecule has 0 radical (unpaired) electrons. The van der Waals surface area contributed by atoms with Gasteiger partial charge in [-0.1, -0.05) is 6.07 Å². The van der Waals surface area contributed by atoms with Crippen LogP contribution in [0.5, 0.6) is 0 Å². The minimum Gasteiger partial charge on any atom is -0.399 e. The second-order valence-electron chi connectivity index (χ2n) is 4.94. The number of rotatable bonds is 2. The number of anilines is 2. The van der Waals surface area contributed by atoms with Crippen molar-refractivity contribution < 1.29 is 4.79 Å². The molecular formula is C16H14BrN3O. The summed E-state index contributed by atoms with van der Waals surface area (Å²) in [4.78, 5) is 15.6. The van der Waals surface area contributed by atoms with Crippen molar-refractivity contribution in [3.63, 3.8) is 0 Å². The van der Waals surface area contributed by atoms with E-state index in [4.69, 9.17) is 5.73 Å². The highest BCUT2D eigenvalue weighted by Gasteiger charge is 2.13. The summed E-state index contributed by atoms with van der Waals surface area (Å²) in [6, 6.07) is 11.3. The van der Waals surface area contributed by atoms with Crippen molar-refractivity contribution in [2.24, 2.45) is 0 Å². The number of carbonyl (C=O) groups excluding carboxylic acids is 1. The molecule has 0 spiro atoms. The van der Waals surface area contributed by atoms with Crippen LogP contribution in [0.2, 0.25) is 0 Å². The number of hydrogen-bond donors (Lipinski definition) is 3. The second kappa shape index (κ2) is 5.26. The fourth-order valence-corrected chi connectivity index (χ4v) is 2.60. The molecule has 0 saturated carbocycles. The second-order valence-corrected chi connectivity index (χ2v) is 5.80. The highest BCUT2D eigenvalue weighted by atomic mass is 79.9. The van der Waals surface area contributed by atoms with Gasteiger partial charge in [0.2, 0.25) is 0 Å². The van der Waals surface area contributed by atoms with Crippen molar-refractivity contribution >= 4 is 44.1 Å². The van der Waals surface area contributed by atoms with Gasteiger partial charge in [0.05, 0.1) is 11.3 Å². The number of benzene rings is 2. The van der Waals surface area contributed by atoms with E-state index in [-0.39, 0.29) is 5.91 Å². The quantitative estimate of drug-likeness (QED) is 0.613. The predicted octanol–water partition coefficient (Wildman–Crippen LogP) is 4.07. The van der Waals surface area contributed by atoms with E-state index in [0.717, 1.165) is 26.6 Å². The number of H-pyrrole nitrogens is 1. The fourth-order valence-electron chi connectivity index (χ4n) is 2.25. The van der Waals surface area contributed by atoms with Gasteiger partial charge in [0.25, 0.3) is 5.91 Å². The van der Waals surface area contributed by atoms with E-state index < -0.39 is 0 Å². The van der Waals surface area contributed by atoms with Crippen LogP contribution in [0.3, 0.4) is 0 Å². The van der Waals surface area contributed by atoms with Crippen LogP contribution in [0.4, 0.5) is 11.4 Å². The van der Waals surface area contributed by atoms with Crippen LogP contribution < -0.4 is 11.1 Å². The van der Waals surface area contributed by atoms with Crippen LogP contribution in [-0.2, 0) is 0 Å². The van der Waals surface area contributed by atoms with E-state index in [1.807, 2.05) is 31.2 Å². The van der Waals surface area contributed by atoms with Gasteiger partial charge in [-0.25, -0.2) is 0 Å². The average molecular weight is 344 g/mol. The van der Waals surface area contributed by atoms with Crippen LogP contribution in [0.15, 0.2) is 47.1 Å². The molecule has 106 valence electrons. The first kappa shape index (κ1) is 13.7. The molecule has 3 rings (SSSR count). The molecule has 0 aliphatic rings. The molecule has 0 aliphatic heterocycles. The van der Waals surface area contributed by atoms with Gasteiger partial charge in [-0.05, 0) is 58.7 Å². The molecule has 1 aromatic heterocycles. The molecule has 5 heteroatoms. The van der Waals surface area contributed by atoms with Gasteiger partial charge in [0.1, 0.15) is 0 Å². The monoisotopic (exact) mass is 343 g/mol. The Hall–Kier alpha value is -2.27. The van der Waals surface area contributed by atoms with Crippen molar-refractivity contribution in [3.8, 4) is 0 Å². The van der Waals surface area contributed by atoms with Crippen LogP contribution in [0.25, 0.3) is 10.9 Å². The number of aromatic amines is 1. The minimum absolute atomic E-state index is 0.168. The van der Waals surface area contributed by atoms with Gasteiger partial charge >= 0.3 is 0 Å². The van der Waals surface area contributed by atoms with Gasteiger partial charge in [-0.2, -0.15) is 0 Å². The lowest BCUT2D eigenvalue weighted by molar-refractivity contribution is 0.102. The summed E-state index contributed by atoms with van der Waals surface area (Å²) >= 11 is 3.44. The van der Waals surface area contributed by atoms with E-state index in [2.05, 4.69) is 26.2 Å². The highest BCUT2D eigenvalue weighted by Crippen LogP contribution is 2.26. The van der Waals surface area contributed by atoms with Crippen LogP contribution in [-0.4, -0.2) is 10.9 Å². The first-order valence-corrected chi connectivity index (χ1v) is 7.28. The maximum absolute atomic E-state index is 12.5. The van der Waals surface area contributed by atoms with Crippen LogP contribution >= 0.6 is 15.9 Å². The Bertz CT molecular complexity index is 839. The Balaban J connectivity index is 1.97. The summed E-state index contributed by atoms with van der Waals surface area (Å²) in [6.45, 7) is 1.98. The number of halogens is 1. The molecule has 1 amide bonds. The summed E-state index contributed by atoms with van der Waals surface area (Å²) < 4.78 is 0.848. The Labute approximate surface area is 130 Å². The summed E-state index contributed by atoms with van der Waals surface area (Å²) in [5.41, 5.74) is 9.72. The number of nitrogens with one attached hydrogen (secondary N) is 2. The smallest absolute Gasteiger partial charge is 0.257 e. The van der Waals surface area contributed by atoms with E-state index >= 15 is 0 Å². The maximum atomic E-state index is 12.5. The molecule has 0 fully saturated rings. The first-order chi connectivity index (χ1) is 10.0. The largest absolute Gasteiger partial charge is 0.399 e. The number of aryl methyl sites for hydroxylation is 1. The molecule has 1 heterocycles. The van der Waals surface area contributed by atoms with Crippen LogP contribution in [0.1, 0.15) is 15.9 Å². The molecule has 0 unspecified atom stereocenters. The van der Waals surface area contributed by atoms with Gasteiger partial charge in [-0.3, -0.25) is 4.79 Å². The van der Waals surface area contributed by atoms with Gasteiger partial charge in [-0.15, -0.1) is 0 Å². The molecule has 3 aromatic rings. The summed E-state index contributed by atoms with van der Waals surface area (Å²) in [5, 5.41) is 3.73. The fraction of sp³-hybridized carbons (Fsp3) is 0.0625. The van der Waals surface area contributed by atoms with Crippen molar-refractivity contribution in [2.75, 3.05) is 11.1 Å². The van der Waals surface area contributed by atoms with Gasteiger partial charge < -0.3 is 16.0 Å². The topological polar surface area (TPSA) is 70.9 Å². The molecule has 0 saturated heterocycles. The van der Waals surface area contributed by atoms with Gasteiger partial charge in [0.15, 0.2) is 0 Å².